The van der Waals surface area contributed by atoms with Gasteiger partial charge in [-0.05, 0) is 13.3 Å². The van der Waals surface area contributed by atoms with E-state index in [1.807, 2.05) is 6.92 Å². The molecule has 2 nitrogen and oxygen atoms in total. The highest BCUT2D eigenvalue weighted by Crippen LogP contribution is 2.08. The molecule has 1 unspecified atom stereocenters. The second-order valence-corrected chi connectivity index (χ2v) is 4.38. The number of amides is 1. The van der Waals surface area contributed by atoms with Gasteiger partial charge in [-0.3, -0.25) is 4.79 Å². The Hall–Kier alpha value is -0.530. The normalized spacial score (nSPS) is 12.5. The molecule has 0 aromatic rings. The lowest BCUT2D eigenvalue weighted by molar-refractivity contribution is -0.121. The first-order valence-electron chi connectivity index (χ1n) is 6.50. The molecule has 0 aromatic heterocycles. The summed E-state index contributed by atoms with van der Waals surface area (Å²) in [6, 6.07) is 0.351. The first-order chi connectivity index (χ1) is 7.20. The maximum atomic E-state index is 11.1. The van der Waals surface area contributed by atoms with Crippen LogP contribution in [0.2, 0.25) is 0 Å². The lowest BCUT2D eigenvalue weighted by Gasteiger charge is -2.12. The fourth-order valence-electron chi connectivity index (χ4n) is 1.68. The molecule has 0 spiro atoms. The summed E-state index contributed by atoms with van der Waals surface area (Å²) in [6.45, 7) is 6.23. The first-order valence-corrected chi connectivity index (χ1v) is 6.50. The van der Waals surface area contributed by atoms with E-state index in [1.165, 1.54) is 38.5 Å². The van der Waals surface area contributed by atoms with Crippen LogP contribution in [0.3, 0.4) is 0 Å². The highest BCUT2D eigenvalue weighted by molar-refractivity contribution is 5.75. The van der Waals surface area contributed by atoms with Gasteiger partial charge in [0.15, 0.2) is 0 Å². The van der Waals surface area contributed by atoms with Crippen molar-refractivity contribution < 1.29 is 4.79 Å². The largest absolute Gasteiger partial charge is 0.354 e. The van der Waals surface area contributed by atoms with Crippen molar-refractivity contribution in [2.45, 2.75) is 78.2 Å². The van der Waals surface area contributed by atoms with Crippen LogP contribution in [0.4, 0.5) is 0 Å². The number of rotatable bonds is 9. The zero-order valence-corrected chi connectivity index (χ0v) is 10.6. The van der Waals surface area contributed by atoms with Crippen molar-refractivity contribution in [1.82, 2.24) is 5.32 Å². The molecule has 0 aliphatic carbocycles. The zero-order chi connectivity index (χ0) is 11.5. The van der Waals surface area contributed by atoms with Gasteiger partial charge in [-0.15, -0.1) is 0 Å². The number of carbonyl (C=O) groups is 1. The third-order valence-electron chi connectivity index (χ3n) is 2.72. The van der Waals surface area contributed by atoms with Crippen molar-refractivity contribution in [3.8, 4) is 0 Å². The molecule has 15 heavy (non-hydrogen) atoms. The van der Waals surface area contributed by atoms with Crippen LogP contribution >= 0.6 is 0 Å². The highest BCUT2D eigenvalue weighted by Gasteiger charge is 2.04. The Labute approximate surface area is 94.8 Å². The number of nitrogens with one attached hydrogen (secondary N) is 1. The number of hydrogen-bond donors (Lipinski definition) is 1. The molecular weight excluding hydrogens is 186 g/mol. The second kappa shape index (κ2) is 10.0. The number of hydrogen-bond acceptors (Lipinski definition) is 1. The molecule has 0 saturated heterocycles. The molecule has 0 fully saturated rings. The molecule has 1 atom stereocenters. The first kappa shape index (κ1) is 14.5. The van der Waals surface area contributed by atoms with Crippen LogP contribution in [0.1, 0.15) is 72.1 Å². The van der Waals surface area contributed by atoms with Gasteiger partial charge in [-0.2, -0.15) is 0 Å². The molecule has 0 rings (SSSR count). The minimum Gasteiger partial charge on any atom is -0.354 e. The van der Waals surface area contributed by atoms with Crippen molar-refractivity contribution >= 4 is 5.91 Å². The lowest BCUT2D eigenvalue weighted by atomic mass is 10.1. The molecule has 2 heteroatoms. The van der Waals surface area contributed by atoms with Crippen LogP contribution in [0, 0.1) is 0 Å². The number of carbonyl (C=O) groups excluding carboxylic acids is 1. The van der Waals surface area contributed by atoms with Crippen LogP contribution in [0.15, 0.2) is 0 Å². The Morgan fingerprint density at radius 2 is 1.67 bits per heavy atom. The fourth-order valence-corrected chi connectivity index (χ4v) is 1.68. The summed E-state index contributed by atoms with van der Waals surface area (Å²) in [5, 5.41) is 2.99. The van der Waals surface area contributed by atoms with E-state index >= 15 is 0 Å². The maximum Gasteiger partial charge on any atom is 0.219 e. The average Bonchev–Trinajstić information content (AvgIpc) is 2.23. The third kappa shape index (κ3) is 9.77. The predicted octanol–water partition coefficient (Wildman–Crippen LogP) is 3.65. The predicted molar refractivity (Wildman–Crippen MR) is 65.9 cm³/mol. The smallest absolute Gasteiger partial charge is 0.219 e. The summed E-state index contributed by atoms with van der Waals surface area (Å²) in [6.07, 6.45) is 9.67. The van der Waals surface area contributed by atoms with E-state index in [9.17, 15) is 4.79 Å². The summed E-state index contributed by atoms with van der Waals surface area (Å²) in [5.41, 5.74) is 0. The van der Waals surface area contributed by atoms with E-state index in [2.05, 4.69) is 19.2 Å². The summed E-state index contributed by atoms with van der Waals surface area (Å²) >= 11 is 0. The molecule has 1 amide bonds. The molecule has 1 N–H and O–H groups in total. The van der Waals surface area contributed by atoms with Crippen molar-refractivity contribution in [2.75, 3.05) is 0 Å². The minimum atomic E-state index is 0.175. The SMILES string of the molecule is CCCCCCCCC(C)NC(=O)CC. The standard InChI is InChI=1S/C13H27NO/c1-4-6-7-8-9-10-11-12(3)14-13(15)5-2/h12H,4-11H2,1-3H3,(H,14,15). The van der Waals surface area contributed by atoms with Gasteiger partial charge < -0.3 is 5.32 Å². The van der Waals surface area contributed by atoms with Crippen molar-refractivity contribution in [3.63, 3.8) is 0 Å². The van der Waals surface area contributed by atoms with Gasteiger partial charge in [0.05, 0.1) is 0 Å². The van der Waals surface area contributed by atoms with E-state index in [0.717, 1.165) is 6.42 Å². The molecule has 0 radical (unpaired) electrons. The van der Waals surface area contributed by atoms with Gasteiger partial charge in [-0.25, -0.2) is 0 Å². The van der Waals surface area contributed by atoms with Gasteiger partial charge in [0.25, 0.3) is 0 Å². The molecule has 0 saturated carbocycles. The molecule has 0 bridgehead atoms. The number of unbranched alkanes of at least 4 members (excludes halogenated alkanes) is 5. The van der Waals surface area contributed by atoms with E-state index in [-0.39, 0.29) is 5.91 Å². The minimum absolute atomic E-state index is 0.175. The van der Waals surface area contributed by atoms with Gasteiger partial charge in [-0.1, -0.05) is 52.4 Å². The van der Waals surface area contributed by atoms with Gasteiger partial charge in [0.1, 0.15) is 0 Å². The second-order valence-electron chi connectivity index (χ2n) is 4.38. The van der Waals surface area contributed by atoms with Crippen LogP contribution in [-0.2, 0) is 4.79 Å². The quantitative estimate of drug-likeness (QED) is 0.582. The Morgan fingerprint density at radius 3 is 2.27 bits per heavy atom. The van der Waals surface area contributed by atoms with Gasteiger partial charge in [0.2, 0.25) is 5.91 Å². The van der Waals surface area contributed by atoms with Crippen molar-refractivity contribution in [1.29, 1.82) is 0 Å². The summed E-state index contributed by atoms with van der Waals surface area (Å²) in [7, 11) is 0. The Bertz CT molecular complexity index is 157. The maximum absolute atomic E-state index is 11.1. The van der Waals surface area contributed by atoms with Crippen molar-refractivity contribution in [3.05, 3.63) is 0 Å². The van der Waals surface area contributed by atoms with E-state index < -0.39 is 0 Å². The van der Waals surface area contributed by atoms with E-state index in [4.69, 9.17) is 0 Å². The third-order valence-corrected chi connectivity index (χ3v) is 2.72. The summed E-state index contributed by atoms with van der Waals surface area (Å²) in [5.74, 6) is 0.175. The molecule has 0 aliphatic heterocycles. The van der Waals surface area contributed by atoms with Crippen LogP contribution in [0.25, 0.3) is 0 Å². The Balaban J connectivity index is 3.23. The lowest BCUT2D eigenvalue weighted by Crippen LogP contribution is -2.31. The summed E-state index contributed by atoms with van der Waals surface area (Å²) < 4.78 is 0. The van der Waals surface area contributed by atoms with E-state index in [1.54, 1.807) is 0 Å². The van der Waals surface area contributed by atoms with Crippen LogP contribution in [-0.4, -0.2) is 11.9 Å². The van der Waals surface area contributed by atoms with Gasteiger partial charge in [0, 0.05) is 12.5 Å². The molecular formula is C13H27NO. The molecule has 90 valence electrons. The zero-order valence-electron chi connectivity index (χ0n) is 10.6. The molecule has 0 aromatic carbocycles. The fraction of sp³-hybridized carbons (Fsp3) is 0.923. The molecule has 0 heterocycles. The highest BCUT2D eigenvalue weighted by atomic mass is 16.1. The Kier molecular flexibility index (Phi) is 9.65. The van der Waals surface area contributed by atoms with Crippen LogP contribution in [0.5, 0.6) is 0 Å². The Morgan fingerprint density at radius 1 is 1.07 bits per heavy atom. The monoisotopic (exact) mass is 213 g/mol. The topological polar surface area (TPSA) is 29.1 Å². The van der Waals surface area contributed by atoms with Crippen LogP contribution < -0.4 is 5.32 Å². The van der Waals surface area contributed by atoms with E-state index in [0.29, 0.717) is 12.5 Å². The average molecular weight is 213 g/mol. The summed E-state index contributed by atoms with van der Waals surface area (Å²) in [4.78, 5) is 11.1. The van der Waals surface area contributed by atoms with Gasteiger partial charge >= 0.3 is 0 Å². The molecule has 0 aliphatic rings. The van der Waals surface area contributed by atoms with Crippen molar-refractivity contribution in [2.24, 2.45) is 0 Å².